The first-order valence-electron chi connectivity index (χ1n) is 11.9. The Balaban J connectivity index is 1.39. The first-order chi connectivity index (χ1) is 19.4. The molecule has 0 aliphatic heterocycles. The molecule has 41 heavy (non-hydrogen) atoms. The summed E-state index contributed by atoms with van der Waals surface area (Å²) in [5, 5.41) is 2.90. The molecule has 0 saturated carbocycles. The van der Waals surface area contributed by atoms with Crippen LogP contribution >= 0.6 is 0 Å². The van der Waals surface area contributed by atoms with Crippen LogP contribution in [0.1, 0.15) is 11.1 Å². The van der Waals surface area contributed by atoms with Crippen LogP contribution in [-0.4, -0.2) is 37.9 Å². The molecule has 2 N–H and O–H groups in total. The molecule has 14 heteroatoms. The normalized spacial score (nSPS) is 12.0. The molecule has 0 saturated heterocycles. The van der Waals surface area contributed by atoms with Crippen LogP contribution in [0.15, 0.2) is 79.0 Å². The number of aromatic nitrogens is 2. The molecule has 0 spiro atoms. The molecule has 0 bridgehead atoms. The number of nitrogens with one attached hydrogen (secondary N) is 2. The number of Topliss-reactive ketones (excluding diaryl/α,β-unsaturated/α-hetero) is 1. The summed E-state index contributed by atoms with van der Waals surface area (Å²) in [5.74, 6) is -1.14. The molecule has 0 aliphatic rings. The predicted molar refractivity (Wildman–Crippen MR) is 144 cm³/mol. The first kappa shape index (κ1) is 29.4. The Labute approximate surface area is 234 Å². The summed E-state index contributed by atoms with van der Waals surface area (Å²) in [4.78, 5) is 22.2. The van der Waals surface area contributed by atoms with Crippen molar-refractivity contribution in [2.24, 2.45) is 0 Å². The molecular weight excluding hydrogens is 566 g/mol. The summed E-state index contributed by atoms with van der Waals surface area (Å²) < 4.78 is 79.4. The van der Waals surface area contributed by atoms with Crippen LogP contribution in [0.25, 0.3) is 0 Å². The van der Waals surface area contributed by atoms with Gasteiger partial charge in [-0.1, -0.05) is 30.3 Å². The Bertz CT molecular complexity index is 1540. The van der Waals surface area contributed by atoms with E-state index in [1.165, 1.54) is 23.1 Å². The van der Waals surface area contributed by atoms with Gasteiger partial charge in [-0.2, -0.15) is 4.98 Å². The quantitative estimate of drug-likeness (QED) is 0.172. The van der Waals surface area contributed by atoms with Crippen molar-refractivity contribution in [3.63, 3.8) is 0 Å². The molecule has 0 fully saturated rings. The molecule has 0 amide bonds. The van der Waals surface area contributed by atoms with Crippen molar-refractivity contribution in [2.45, 2.75) is 19.2 Å². The summed E-state index contributed by atoms with van der Waals surface area (Å²) >= 11 is -2.49. The highest BCUT2D eigenvalue weighted by atomic mass is 32.2. The largest absolute Gasteiger partial charge is 0.755 e. The second-order valence-corrected chi connectivity index (χ2v) is 9.39. The van der Waals surface area contributed by atoms with Crippen LogP contribution < -0.4 is 19.7 Å². The lowest BCUT2D eigenvalue weighted by atomic mass is 10.0. The van der Waals surface area contributed by atoms with Crippen LogP contribution in [-0.2, 0) is 28.9 Å². The Morgan fingerprint density at radius 1 is 1.00 bits per heavy atom. The van der Waals surface area contributed by atoms with E-state index in [4.69, 9.17) is 0 Å². The maximum Gasteiger partial charge on any atom is 0.573 e. The number of hydrogen-bond acceptors (Lipinski definition) is 8. The van der Waals surface area contributed by atoms with Crippen LogP contribution in [0.5, 0.6) is 5.75 Å². The van der Waals surface area contributed by atoms with Gasteiger partial charge in [-0.15, -0.1) is 13.2 Å². The summed E-state index contributed by atoms with van der Waals surface area (Å²) in [6.45, 7) is 0. The molecule has 1 aromatic heterocycles. The van der Waals surface area contributed by atoms with Crippen molar-refractivity contribution >= 4 is 45.9 Å². The average Bonchev–Trinajstić information content (AvgIpc) is 2.90. The Morgan fingerprint density at radius 2 is 1.61 bits per heavy atom. The number of hydrogen-bond donors (Lipinski definition) is 2. The third-order valence-electron chi connectivity index (χ3n) is 5.65. The van der Waals surface area contributed by atoms with E-state index in [2.05, 4.69) is 24.7 Å². The lowest BCUT2D eigenvalue weighted by molar-refractivity contribution is -0.274. The summed E-state index contributed by atoms with van der Waals surface area (Å²) in [7, 11) is 1.61. The summed E-state index contributed by atoms with van der Waals surface area (Å²) in [5.41, 5.74) is 2.61. The molecule has 1 unspecified atom stereocenters. The van der Waals surface area contributed by atoms with E-state index in [1.807, 2.05) is 0 Å². The Kier molecular flexibility index (Phi) is 9.14. The first-order valence-corrected chi connectivity index (χ1v) is 13.0. The lowest BCUT2D eigenvalue weighted by Gasteiger charge is -2.20. The number of nitrogens with zero attached hydrogens (tertiary/aromatic N) is 3. The van der Waals surface area contributed by atoms with Crippen molar-refractivity contribution in [3.8, 4) is 5.75 Å². The minimum atomic E-state index is -4.79. The van der Waals surface area contributed by atoms with E-state index in [0.29, 0.717) is 28.2 Å². The zero-order valence-corrected chi connectivity index (χ0v) is 22.1. The maximum absolute atomic E-state index is 14.6. The number of ether oxygens (including phenoxy) is 1. The van der Waals surface area contributed by atoms with Crippen LogP contribution in [0.3, 0.4) is 0 Å². The van der Waals surface area contributed by atoms with Gasteiger partial charge in [0.25, 0.3) is 0 Å². The highest BCUT2D eigenvalue weighted by Gasteiger charge is 2.31. The van der Waals surface area contributed by atoms with Crippen molar-refractivity contribution in [1.82, 2.24) is 9.97 Å². The number of carbonyl (C=O) groups excluding carboxylic acids is 1. The molecule has 4 rings (SSSR count). The number of alkyl halides is 3. The zero-order valence-electron chi connectivity index (χ0n) is 21.3. The van der Waals surface area contributed by atoms with E-state index < -0.39 is 23.4 Å². The second kappa shape index (κ2) is 12.7. The van der Waals surface area contributed by atoms with Crippen LogP contribution in [0.4, 0.5) is 46.4 Å². The lowest BCUT2D eigenvalue weighted by Crippen LogP contribution is -2.17. The molecule has 1 heterocycles. The van der Waals surface area contributed by atoms with Gasteiger partial charge in [-0.05, 0) is 53.6 Å². The predicted octanol–water partition coefficient (Wildman–Crippen LogP) is 5.59. The molecule has 0 radical (unpaired) electrons. The van der Waals surface area contributed by atoms with Crippen LogP contribution in [0.2, 0.25) is 0 Å². The second-order valence-electron chi connectivity index (χ2n) is 8.72. The zero-order chi connectivity index (χ0) is 29.6. The SMILES string of the molecule is CN(c1ccc(CC(=O)Cc2ccc(OC(F)(F)F)cc2)cc1)c1nc(Nc2cccc(NS(=O)[O-])c2)ncc1F. The van der Waals surface area contributed by atoms with E-state index >= 15 is 0 Å². The summed E-state index contributed by atoms with van der Waals surface area (Å²) in [6, 6.07) is 18.3. The van der Waals surface area contributed by atoms with E-state index in [-0.39, 0.29) is 36.1 Å². The van der Waals surface area contributed by atoms with Gasteiger partial charge in [0.05, 0.1) is 6.20 Å². The van der Waals surface area contributed by atoms with Crippen molar-refractivity contribution in [1.29, 1.82) is 0 Å². The Hall–Kier alpha value is -4.56. The van der Waals surface area contributed by atoms with E-state index in [0.717, 1.165) is 18.3 Å². The highest BCUT2D eigenvalue weighted by Crippen LogP contribution is 2.27. The minimum absolute atomic E-state index is 0.0285. The maximum atomic E-state index is 14.6. The molecule has 0 aliphatic carbocycles. The van der Waals surface area contributed by atoms with Gasteiger partial charge in [-0.25, -0.2) is 9.37 Å². The van der Waals surface area contributed by atoms with Gasteiger partial charge in [-0.3, -0.25) is 9.00 Å². The minimum Gasteiger partial charge on any atom is -0.755 e. The van der Waals surface area contributed by atoms with Gasteiger partial charge in [0.1, 0.15) is 11.5 Å². The monoisotopic (exact) mass is 588 g/mol. The summed E-state index contributed by atoms with van der Waals surface area (Å²) in [6.07, 6.45) is -3.66. The van der Waals surface area contributed by atoms with Gasteiger partial charge in [0.2, 0.25) is 5.95 Å². The third kappa shape index (κ3) is 8.71. The number of carbonyl (C=O) groups is 1. The third-order valence-corrected chi connectivity index (χ3v) is 6.05. The number of anilines is 5. The van der Waals surface area contributed by atoms with Crippen molar-refractivity contribution < 1.29 is 35.9 Å². The van der Waals surface area contributed by atoms with Gasteiger partial charge in [0, 0.05) is 48.2 Å². The Morgan fingerprint density at radius 3 is 2.22 bits per heavy atom. The molecule has 9 nitrogen and oxygen atoms in total. The van der Waals surface area contributed by atoms with E-state index in [9.17, 15) is 31.1 Å². The molecule has 4 aromatic rings. The van der Waals surface area contributed by atoms with Crippen LogP contribution in [0, 0.1) is 5.82 Å². The molecular formula is C27H22F4N5O4S-. The van der Waals surface area contributed by atoms with Gasteiger partial charge in [0.15, 0.2) is 11.6 Å². The van der Waals surface area contributed by atoms with Gasteiger partial charge >= 0.3 is 6.36 Å². The number of rotatable bonds is 11. The molecule has 1 atom stereocenters. The molecule has 214 valence electrons. The number of ketones is 1. The fourth-order valence-electron chi connectivity index (χ4n) is 3.83. The number of benzene rings is 3. The highest BCUT2D eigenvalue weighted by molar-refractivity contribution is 7.80. The van der Waals surface area contributed by atoms with E-state index in [1.54, 1.807) is 49.5 Å². The smallest absolute Gasteiger partial charge is 0.573 e. The topological polar surface area (TPSA) is 120 Å². The van der Waals surface area contributed by atoms with Crippen molar-refractivity contribution in [2.75, 3.05) is 22.0 Å². The standard InChI is InChI=1S/C27H23F4N5O4S/c1-36(25-24(28)16-32-26(34-25)33-19-3-2-4-20(15-19)35-41(38)39)21-9-5-17(6-10-21)13-22(37)14-18-7-11-23(12-8-18)40-27(29,30)31/h2-12,15-16,35H,13-14H2,1H3,(H,38,39)(H,32,33,34)/p-1. The van der Waals surface area contributed by atoms with Crippen molar-refractivity contribution in [3.05, 3.63) is 95.9 Å². The fourth-order valence-corrected chi connectivity index (χ4v) is 4.15. The number of halogens is 4. The van der Waals surface area contributed by atoms with Gasteiger partial charge < -0.3 is 24.2 Å². The molecule has 3 aromatic carbocycles. The average molecular weight is 589 g/mol. The fraction of sp³-hybridized carbons (Fsp3) is 0.148.